The number of hydrogen-bond donors (Lipinski definition) is 1. The maximum Gasteiger partial charge on any atom is 0.258 e. The Morgan fingerprint density at radius 1 is 1.08 bits per heavy atom. The minimum atomic E-state index is -1.02. The van der Waals surface area contributed by atoms with Crippen LogP contribution >= 0.6 is 0 Å². The highest BCUT2D eigenvalue weighted by molar-refractivity contribution is 6.05. The first-order valence-corrected chi connectivity index (χ1v) is 7.90. The van der Waals surface area contributed by atoms with Crippen molar-refractivity contribution >= 4 is 11.6 Å². The first-order chi connectivity index (χ1) is 12.2. The molecule has 128 valence electrons. The molecule has 1 fully saturated rings. The van der Waals surface area contributed by atoms with E-state index >= 15 is 0 Å². The molecule has 1 amide bonds. The van der Waals surface area contributed by atoms with Crippen LogP contribution in [0.15, 0.2) is 54.6 Å². The van der Waals surface area contributed by atoms with Gasteiger partial charge in [-0.25, -0.2) is 0 Å². The molecule has 25 heavy (non-hydrogen) atoms. The van der Waals surface area contributed by atoms with Crippen LogP contribution in [0, 0.1) is 11.8 Å². The van der Waals surface area contributed by atoms with Gasteiger partial charge in [-0.05, 0) is 36.4 Å². The molecule has 5 heteroatoms. The van der Waals surface area contributed by atoms with Crippen molar-refractivity contribution < 1.29 is 19.4 Å². The lowest BCUT2D eigenvalue weighted by Gasteiger charge is -2.47. The molecule has 1 heterocycles. The Hall–Kier alpha value is -2.81. The number of ether oxygens (including phenoxy) is 2. The SMILES string of the molecule is COc1ccc(N2C(=O)[C@H](OC)[C@@H]2[C@@H](O)C#Cc2ccccc2)cc1. The maximum absolute atomic E-state index is 12.3. The van der Waals surface area contributed by atoms with Crippen LogP contribution in [-0.4, -0.2) is 43.5 Å². The Bertz CT molecular complexity index is 792. The fraction of sp³-hybridized carbons (Fsp3) is 0.250. The Balaban J connectivity index is 1.83. The molecule has 3 atom stereocenters. The number of amides is 1. The molecule has 0 unspecified atom stereocenters. The van der Waals surface area contributed by atoms with Gasteiger partial charge in [0.25, 0.3) is 5.91 Å². The lowest BCUT2D eigenvalue weighted by molar-refractivity contribution is -0.142. The molecule has 1 N–H and O–H groups in total. The highest BCUT2D eigenvalue weighted by Gasteiger charge is 2.51. The first-order valence-electron chi connectivity index (χ1n) is 7.90. The summed E-state index contributed by atoms with van der Waals surface area (Å²) in [7, 11) is 3.04. The summed E-state index contributed by atoms with van der Waals surface area (Å²) in [5.41, 5.74) is 1.47. The summed E-state index contributed by atoms with van der Waals surface area (Å²) in [5, 5.41) is 10.5. The number of benzene rings is 2. The van der Waals surface area contributed by atoms with Crippen LogP contribution < -0.4 is 9.64 Å². The molecular weight excluding hydrogens is 318 g/mol. The number of rotatable bonds is 4. The Labute approximate surface area is 146 Å². The standard InChI is InChI=1S/C20H19NO4/c1-24-16-11-9-15(10-12-16)21-18(19(25-2)20(21)23)17(22)13-8-14-6-4-3-5-7-14/h3-7,9-12,17-19,22H,1-2H3/t17-,18-,19+/m0/s1. The van der Waals surface area contributed by atoms with Crippen molar-refractivity contribution in [1.82, 2.24) is 0 Å². The summed E-state index contributed by atoms with van der Waals surface area (Å²) in [6.07, 6.45) is -1.73. The average molecular weight is 337 g/mol. The van der Waals surface area contributed by atoms with E-state index in [0.717, 1.165) is 5.56 Å². The van der Waals surface area contributed by atoms with Crippen LogP contribution in [0.25, 0.3) is 0 Å². The number of carbonyl (C=O) groups is 1. The van der Waals surface area contributed by atoms with Gasteiger partial charge in [-0.3, -0.25) is 4.79 Å². The lowest BCUT2D eigenvalue weighted by Crippen LogP contribution is -2.70. The van der Waals surface area contributed by atoms with Crippen LogP contribution in [0.4, 0.5) is 5.69 Å². The van der Waals surface area contributed by atoms with Crippen molar-refractivity contribution in [3.8, 4) is 17.6 Å². The Morgan fingerprint density at radius 3 is 2.36 bits per heavy atom. The van der Waals surface area contributed by atoms with Crippen molar-refractivity contribution in [3.05, 3.63) is 60.2 Å². The van der Waals surface area contributed by atoms with E-state index < -0.39 is 18.2 Å². The molecule has 0 radical (unpaired) electrons. The third kappa shape index (κ3) is 3.36. The third-order valence-electron chi connectivity index (χ3n) is 4.16. The van der Waals surface area contributed by atoms with E-state index in [1.54, 1.807) is 31.4 Å². The van der Waals surface area contributed by atoms with E-state index in [2.05, 4.69) is 11.8 Å². The number of β-lactam (4-membered cyclic amide) rings is 1. The summed E-state index contributed by atoms with van der Waals surface area (Å²) in [5.74, 6) is 6.24. The van der Waals surface area contributed by atoms with E-state index in [9.17, 15) is 9.90 Å². The summed E-state index contributed by atoms with van der Waals surface area (Å²) in [6.45, 7) is 0. The van der Waals surface area contributed by atoms with Crippen LogP contribution in [0.3, 0.4) is 0 Å². The van der Waals surface area contributed by atoms with Gasteiger partial charge < -0.3 is 19.5 Å². The average Bonchev–Trinajstić information content (AvgIpc) is 2.66. The zero-order valence-corrected chi connectivity index (χ0v) is 14.0. The van der Waals surface area contributed by atoms with Gasteiger partial charge in [0, 0.05) is 18.4 Å². The third-order valence-corrected chi connectivity index (χ3v) is 4.16. The number of anilines is 1. The van der Waals surface area contributed by atoms with Crippen LogP contribution in [-0.2, 0) is 9.53 Å². The second-order valence-electron chi connectivity index (χ2n) is 5.63. The largest absolute Gasteiger partial charge is 0.497 e. The molecule has 0 aromatic heterocycles. The van der Waals surface area contributed by atoms with Crippen LogP contribution in [0.2, 0.25) is 0 Å². The molecule has 0 spiro atoms. The predicted molar refractivity (Wildman–Crippen MR) is 94.4 cm³/mol. The van der Waals surface area contributed by atoms with Gasteiger partial charge in [-0.1, -0.05) is 30.0 Å². The molecule has 1 saturated heterocycles. The number of aliphatic hydroxyl groups is 1. The van der Waals surface area contributed by atoms with Crippen molar-refractivity contribution in [2.75, 3.05) is 19.1 Å². The lowest BCUT2D eigenvalue weighted by atomic mass is 9.91. The van der Waals surface area contributed by atoms with Gasteiger partial charge in [0.15, 0.2) is 6.10 Å². The topological polar surface area (TPSA) is 59.0 Å². The minimum Gasteiger partial charge on any atom is -0.497 e. The van der Waals surface area contributed by atoms with Gasteiger partial charge >= 0.3 is 0 Å². The number of methoxy groups -OCH3 is 2. The van der Waals surface area contributed by atoms with E-state index in [0.29, 0.717) is 11.4 Å². The van der Waals surface area contributed by atoms with Gasteiger partial charge in [0.05, 0.1) is 7.11 Å². The predicted octanol–water partition coefficient (Wildman–Crippen LogP) is 1.84. The van der Waals surface area contributed by atoms with Gasteiger partial charge in [-0.2, -0.15) is 0 Å². The monoisotopic (exact) mass is 337 g/mol. The summed E-state index contributed by atoms with van der Waals surface area (Å²) < 4.78 is 10.4. The van der Waals surface area contributed by atoms with Crippen molar-refractivity contribution in [2.45, 2.75) is 18.2 Å². The van der Waals surface area contributed by atoms with Crippen molar-refractivity contribution in [3.63, 3.8) is 0 Å². The number of aliphatic hydroxyl groups excluding tert-OH is 1. The second-order valence-corrected chi connectivity index (χ2v) is 5.63. The second kappa shape index (κ2) is 7.39. The van der Waals surface area contributed by atoms with Gasteiger partial charge in [0.1, 0.15) is 17.9 Å². The fourth-order valence-electron chi connectivity index (χ4n) is 2.84. The normalized spacial score (nSPS) is 20.3. The number of hydrogen-bond acceptors (Lipinski definition) is 4. The minimum absolute atomic E-state index is 0.196. The number of nitrogens with zero attached hydrogens (tertiary/aromatic N) is 1. The highest BCUT2D eigenvalue weighted by Crippen LogP contribution is 2.32. The van der Waals surface area contributed by atoms with E-state index in [-0.39, 0.29) is 5.91 Å². The molecule has 1 aliphatic heterocycles. The molecule has 0 bridgehead atoms. The smallest absolute Gasteiger partial charge is 0.258 e. The summed E-state index contributed by atoms with van der Waals surface area (Å²) >= 11 is 0. The maximum atomic E-state index is 12.3. The molecule has 2 aromatic carbocycles. The van der Waals surface area contributed by atoms with Crippen LogP contribution in [0.1, 0.15) is 5.56 Å². The highest BCUT2D eigenvalue weighted by atomic mass is 16.5. The summed E-state index contributed by atoms with van der Waals surface area (Å²) in [4.78, 5) is 13.9. The molecule has 5 nitrogen and oxygen atoms in total. The number of carbonyl (C=O) groups excluding carboxylic acids is 1. The van der Waals surface area contributed by atoms with E-state index in [1.165, 1.54) is 12.0 Å². The zero-order chi connectivity index (χ0) is 17.8. The zero-order valence-electron chi connectivity index (χ0n) is 14.0. The molecule has 0 saturated carbocycles. The Kier molecular flexibility index (Phi) is 5.03. The quantitative estimate of drug-likeness (QED) is 0.683. The Morgan fingerprint density at radius 2 is 1.76 bits per heavy atom. The van der Waals surface area contributed by atoms with Gasteiger partial charge in [0.2, 0.25) is 0 Å². The summed E-state index contributed by atoms with van der Waals surface area (Å²) in [6, 6.07) is 15.9. The molecule has 3 rings (SSSR count). The van der Waals surface area contributed by atoms with Crippen molar-refractivity contribution in [2.24, 2.45) is 0 Å². The van der Waals surface area contributed by atoms with Crippen molar-refractivity contribution in [1.29, 1.82) is 0 Å². The fourth-order valence-corrected chi connectivity index (χ4v) is 2.84. The molecule has 2 aromatic rings. The van der Waals surface area contributed by atoms with E-state index in [1.807, 2.05) is 30.3 Å². The molecule has 0 aliphatic carbocycles. The van der Waals surface area contributed by atoms with Gasteiger partial charge in [-0.15, -0.1) is 0 Å². The first kappa shape index (κ1) is 17.0. The molecule has 1 aliphatic rings. The molecular formula is C20H19NO4. The van der Waals surface area contributed by atoms with E-state index in [4.69, 9.17) is 9.47 Å². The van der Waals surface area contributed by atoms with Crippen LogP contribution in [0.5, 0.6) is 5.75 Å².